The van der Waals surface area contributed by atoms with Gasteiger partial charge in [-0.3, -0.25) is 0 Å². The topological polar surface area (TPSA) is 47.9 Å². The summed E-state index contributed by atoms with van der Waals surface area (Å²) >= 11 is 0. The molecule has 0 bridgehead atoms. The minimum atomic E-state index is -0.453. The molecule has 0 fully saturated rings. The van der Waals surface area contributed by atoms with Gasteiger partial charge in [0.25, 0.3) is 0 Å². The van der Waals surface area contributed by atoms with Crippen LogP contribution in [0, 0.1) is 5.92 Å². The van der Waals surface area contributed by atoms with Crippen LogP contribution in [0.25, 0.3) is 0 Å². The van der Waals surface area contributed by atoms with Crippen LogP contribution >= 0.6 is 0 Å². The number of aliphatic hydroxyl groups excluding tert-OH is 1. The second-order valence-corrected chi connectivity index (χ2v) is 4.14. The zero-order valence-corrected chi connectivity index (χ0v) is 9.47. The monoisotopic (exact) mass is 224 g/mol. The van der Waals surface area contributed by atoms with E-state index in [2.05, 4.69) is 0 Å². The Hall–Kier alpha value is -1.42. The molecule has 1 aliphatic rings. The Kier molecular flexibility index (Phi) is 3.19. The third-order valence-electron chi connectivity index (χ3n) is 2.53. The molecule has 1 heterocycles. The molecule has 0 saturated heterocycles. The van der Waals surface area contributed by atoms with Gasteiger partial charge in [0, 0.05) is 6.07 Å². The van der Waals surface area contributed by atoms with Gasteiger partial charge < -0.3 is 19.3 Å². The first kappa shape index (κ1) is 11.1. The molecular formula is C12H16O4. The van der Waals surface area contributed by atoms with E-state index in [0.717, 1.165) is 5.75 Å². The van der Waals surface area contributed by atoms with Crippen LogP contribution in [0.3, 0.4) is 0 Å². The van der Waals surface area contributed by atoms with Gasteiger partial charge in [0.2, 0.25) is 6.79 Å². The summed E-state index contributed by atoms with van der Waals surface area (Å²) < 4.78 is 15.9. The van der Waals surface area contributed by atoms with Crippen LogP contribution in [0.5, 0.6) is 17.2 Å². The van der Waals surface area contributed by atoms with Crippen molar-refractivity contribution in [2.45, 2.75) is 20.0 Å². The first-order valence-electron chi connectivity index (χ1n) is 5.37. The van der Waals surface area contributed by atoms with Gasteiger partial charge in [0.1, 0.15) is 12.4 Å². The van der Waals surface area contributed by atoms with Gasteiger partial charge in [-0.2, -0.15) is 0 Å². The van der Waals surface area contributed by atoms with Gasteiger partial charge in [0.05, 0.1) is 6.10 Å². The highest BCUT2D eigenvalue weighted by atomic mass is 16.7. The molecule has 0 saturated carbocycles. The molecule has 0 amide bonds. The Bertz CT molecular complexity index is 362. The molecule has 1 aliphatic heterocycles. The van der Waals surface area contributed by atoms with E-state index in [1.165, 1.54) is 0 Å². The molecule has 1 aromatic rings. The van der Waals surface area contributed by atoms with Crippen molar-refractivity contribution in [3.8, 4) is 17.2 Å². The van der Waals surface area contributed by atoms with E-state index in [1.807, 2.05) is 13.8 Å². The summed E-state index contributed by atoms with van der Waals surface area (Å²) in [6.45, 7) is 4.45. The Labute approximate surface area is 94.8 Å². The molecule has 2 rings (SSSR count). The molecule has 0 radical (unpaired) electrons. The molecule has 0 aliphatic carbocycles. The van der Waals surface area contributed by atoms with E-state index in [4.69, 9.17) is 14.2 Å². The smallest absolute Gasteiger partial charge is 0.231 e. The first-order chi connectivity index (χ1) is 7.66. The summed E-state index contributed by atoms with van der Waals surface area (Å²) in [4.78, 5) is 0. The van der Waals surface area contributed by atoms with Gasteiger partial charge >= 0.3 is 0 Å². The summed E-state index contributed by atoms with van der Waals surface area (Å²) in [5.74, 6) is 2.30. The van der Waals surface area contributed by atoms with E-state index in [9.17, 15) is 5.11 Å². The Balaban J connectivity index is 1.95. The third kappa shape index (κ3) is 2.39. The summed E-state index contributed by atoms with van der Waals surface area (Å²) in [5.41, 5.74) is 0. The van der Waals surface area contributed by atoms with Crippen molar-refractivity contribution in [2.24, 2.45) is 5.92 Å². The third-order valence-corrected chi connectivity index (χ3v) is 2.53. The largest absolute Gasteiger partial charge is 0.491 e. The maximum Gasteiger partial charge on any atom is 0.231 e. The zero-order chi connectivity index (χ0) is 11.5. The zero-order valence-electron chi connectivity index (χ0n) is 9.47. The van der Waals surface area contributed by atoms with Crippen molar-refractivity contribution >= 4 is 0 Å². The summed E-state index contributed by atoms with van der Waals surface area (Å²) in [6, 6.07) is 5.38. The van der Waals surface area contributed by atoms with Crippen LogP contribution in [-0.2, 0) is 0 Å². The maximum absolute atomic E-state index is 9.60. The van der Waals surface area contributed by atoms with Gasteiger partial charge in [-0.05, 0) is 18.1 Å². The van der Waals surface area contributed by atoms with E-state index in [0.29, 0.717) is 11.5 Å². The fraction of sp³-hybridized carbons (Fsp3) is 0.500. The van der Waals surface area contributed by atoms with E-state index < -0.39 is 6.10 Å². The molecule has 0 spiro atoms. The van der Waals surface area contributed by atoms with Crippen molar-refractivity contribution in [2.75, 3.05) is 13.4 Å². The van der Waals surface area contributed by atoms with Crippen LogP contribution in [0.2, 0.25) is 0 Å². The van der Waals surface area contributed by atoms with Gasteiger partial charge in [-0.25, -0.2) is 0 Å². The fourth-order valence-corrected chi connectivity index (χ4v) is 1.34. The Morgan fingerprint density at radius 3 is 2.81 bits per heavy atom. The molecule has 0 aromatic heterocycles. The van der Waals surface area contributed by atoms with Crippen molar-refractivity contribution < 1.29 is 19.3 Å². The highest BCUT2D eigenvalue weighted by molar-refractivity contribution is 5.46. The predicted molar refractivity (Wildman–Crippen MR) is 58.9 cm³/mol. The quantitative estimate of drug-likeness (QED) is 0.847. The molecule has 4 nitrogen and oxygen atoms in total. The predicted octanol–water partition coefficient (Wildman–Crippen LogP) is 1.81. The lowest BCUT2D eigenvalue weighted by Crippen LogP contribution is -2.23. The second-order valence-electron chi connectivity index (χ2n) is 4.14. The molecule has 16 heavy (non-hydrogen) atoms. The highest BCUT2D eigenvalue weighted by Gasteiger charge is 2.15. The Morgan fingerprint density at radius 2 is 2.06 bits per heavy atom. The Morgan fingerprint density at radius 1 is 1.31 bits per heavy atom. The summed E-state index contributed by atoms with van der Waals surface area (Å²) in [6.07, 6.45) is -0.453. The summed E-state index contributed by atoms with van der Waals surface area (Å²) in [5, 5.41) is 9.60. The number of rotatable bonds is 4. The first-order valence-corrected chi connectivity index (χ1v) is 5.37. The van der Waals surface area contributed by atoms with Crippen LogP contribution < -0.4 is 14.2 Å². The van der Waals surface area contributed by atoms with Gasteiger partial charge in [0.15, 0.2) is 11.5 Å². The second kappa shape index (κ2) is 4.61. The SMILES string of the molecule is CC(C)C(O)COc1ccc2c(c1)OCO2. The van der Waals surface area contributed by atoms with Crippen LogP contribution in [0.1, 0.15) is 13.8 Å². The van der Waals surface area contributed by atoms with Crippen molar-refractivity contribution in [3.63, 3.8) is 0 Å². The lowest BCUT2D eigenvalue weighted by molar-refractivity contribution is 0.0700. The van der Waals surface area contributed by atoms with Crippen LogP contribution in [-0.4, -0.2) is 24.6 Å². The van der Waals surface area contributed by atoms with Gasteiger partial charge in [-0.15, -0.1) is 0 Å². The molecular weight excluding hydrogens is 208 g/mol. The van der Waals surface area contributed by atoms with Crippen molar-refractivity contribution in [1.29, 1.82) is 0 Å². The standard InChI is InChI=1S/C12H16O4/c1-8(2)10(13)6-14-9-3-4-11-12(5-9)16-7-15-11/h3-5,8,10,13H,6-7H2,1-2H3. The minimum absolute atomic E-state index is 0.189. The normalized spacial score (nSPS) is 15.2. The van der Waals surface area contributed by atoms with E-state index >= 15 is 0 Å². The number of benzene rings is 1. The lowest BCUT2D eigenvalue weighted by Gasteiger charge is -2.15. The minimum Gasteiger partial charge on any atom is -0.491 e. The molecule has 1 unspecified atom stereocenters. The molecule has 1 atom stereocenters. The van der Waals surface area contributed by atoms with E-state index in [1.54, 1.807) is 18.2 Å². The van der Waals surface area contributed by atoms with Gasteiger partial charge in [-0.1, -0.05) is 13.8 Å². The summed E-state index contributed by atoms with van der Waals surface area (Å²) in [7, 11) is 0. The number of aliphatic hydroxyl groups is 1. The lowest BCUT2D eigenvalue weighted by atomic mass is 10.1. The highest BCUT2D eigenvalue weighted by Crippen LogP contribution is 2.35. The van der Waals surface area contributed by atoms with Crippen molar-refractivity contribution in [3.05, 3.63) is 18.2 Å². The van der Waals surface area contributed by atoms with Crippen LogP contribution in [0.4, 0.5) is 0 Å². The average Bonchev–Trinajstić information content (AvgIpc) is 2.72. The fourth-order valence-electron chi connectivity index (χ4n) is 1.34. The molecule has 4 heteroatoms. The molecule has 88 valence electrons. The number of hydrogen-bond donors (Lipinski definition) is 1. The van der Waals surface area contributed by atoms with E-state index in [-0.39, 0.29) is 19.3 Å². The molecule has 1 N–H and O–H groups in total. The van der Waals surface area contributed by atoms with Crippen LogP contribution in [0.15, 0.2) is 18.2 Å². The number of fused-ring (bicyclic) bond motifs is 1. The number of hydrogen-bond acceptors (Lipinski definition) is 4. The number of ether oxygens (including phenoxy) is 3. The average molecular weight is 224 g/mol. The maximum atomic E-state index is 9.60. The van der Waals surface area contributed by atoms with Crippen molar-refractivity contribution in [1.82, 2.24) is 0 Å². The molecule has 1 aromatic carbocycles.